The van der Waals surface area contributed by atoms with Gasteiger partial charge in [-0.25, -0.2) is 4.79 Å². The fourth-order valence-corrected chi connectivity index (χ4v) is 2.57. The lowest BCUT2D eigenvalue weighted by Gasteiger charge is -2.38. The highest BCUT2D eigenvalue weighted by atomic mass is 16.7. The van der Waals surface area contributed by atoms with E-state index in [1.165, 1.54) is 0 Å². The number of carboxylic acids is 1. The predicted octanol–water partition coefficient (Wildman–Crippen LogP) is 0.111. The van der Waals surface area contributed by atoms with Gasteiger partial charge in [-0.2, -0.15) is 0 Å². The highest BCUT2D eigenvalue weighted by Crippen LogP contribution is 2.29. The van der Waals surface area contributed by atoms with Crippen LogP contribution in [-0.2, 0) is 9.53 Å². The van der Waals surface area contributed by atoms with Gasteiger partial charge in [0.1, 0.15) is 24.1 Å². The first-order valence-electron chi connectivity index (χ1n) is 7.06. The van der Waals surface area contributed by atoms with Crippen molar-refractivity contribution in [2.45, 2.75) is 30.7 Å². The molecular formula is C16H16O7. The Balaban J connectivity index is 1.90. The fourth-order valence-electron chi connectivity index (χ4n) is 2.57. The number of rotatable bonds is 3. The number of aliphatic hydroxyl groups excluding tert-OH is 3. The van der Waals surface area contributed by atoms with Gasteiger partial charge in [-0.15, -0.1) is 0 Å². The monoisotopic (exact) mass is 320 g/mol. The third kappa shape index (κ3) is 2.87. The van der Waals surface area contributed by atoms with Gasteiger partial charge in [-0.05, 0) is 11.5 Å². The maximum atomic E-state index is 11.1. The zero-order valence-corrected chi connectivity index (χ0v) is 11.9. The van der Waals surface area contributed by atoms with Gasteiger partial charge < -0.3 is 29.9 Å². The van der Waals surface area contributed by atoms with Crippen LogP contribution in [0.4, 0.5) is 0 Å². The summed E-state index contributed by atoms with van der Waals surface area (Å²) in [7, 11) is 0. The Hall–Kier alpha value is -2.19. The molecule has 7 nitrogen and oxygen atoms in total. The lowest BCUT2D eigenvalue weighted by Crippen LogP contribution is -2.61. The SMILES string of the molecule is O=C(O)[C@H]1OC(Oc2cccc3ccccc23)[C@H](O)[C@@H](O)[C@@H]1O. The zero-order chi connectivity index (χ0) is 16.6. The van der Waals surface area contributed by atoms with Crippen molar-refractivity contribution in [2.24, 2.45) is 0 Å². The average Bonchev–Trinajstić information content (AvgIpc) is 2.55. The molecule has 23 heavy (non-hydrogen) atoms. The number of aliphatic hydroxyl groups is 3. The van der Waals surface area contributed by atoms with Gasteiger partial charge in [0.2, 0.25) is 6.29 Å². The first-order chi connectivity index (χ1) is 11.0. The van der Waals surface area contributed by atoms with Crippen LogP contribution in [0.5, 0.6) is 5.75 Å². The molecule has 0 bridgehead atoms. The molecule has 1 fully saturated rings. The van der Waals surface area contributed by atoms with E-state index < -0.39 is 36.7 Å². The molecule has 0 saturated carbocycles. The molecule has 1 unspecified atom stereocenters. The van der Waals surface area contributed by atoms with E-state index >= 15 is 0 Å². The summed E-state index contributed by atoms with van der Waals surface area (Å²) < 4.78 is 10.7. The van der Waals surface area contributed by atoms with Gasteiger partial charge in [-0.1, -0.05) is 36.4 Å². The molecule has 5 atom stereocenters. The van der Waals surface area contributed by atoms with Crippen molar-refractivity contribution in [1.82, 2.24) is 0 Å². The van der Waals surface area contributed by atoms with Crippen molar-refractivity contribution in [3.63, 3.8) is 0 Å². The molecule has 0 amide bonds. The molecule has 1 aliphatic rings. The second-order valence-electron chi connectivity index (χ2n) is 5.33. The van der Waals surface area contributed by atoms with Crippen LogP contribution in [0.1, 0.15) is 0 Å². The maximum Gasteiger partial charge on any atom is 0.335 e. The molecule has 3 rings (SSSR count). The summed E-state index contributed by atoms with van der Waals surface area (Å²) in [6, 6.07) is 12.6. The van der Waals surface area contributed by atoms with Gasteiger partial charge in [-0.3, -0.25) is 0 Å². The van der Waals surface area contributed by atoms with E-state index in [1.54, 1.807) is 18.2 Å². The quantitative estimate of drug-likeness (QED) is 0.634. The maximum absolute atomic E-state index is 11.1. The van der Waals surface area contributed by atoms with Crippen LogP contribution in [0.3, 0.4) is 0 Å². The molecular weight excluding hydrogens is 304 g/mol. The van der Waals surface area contributed by atoms with Gasteiger partial charge in [0.05, 0.1) is 0 Å². The van der Waals surface area contributed by atoms with Crippen LogP contribution in [-0.4, -0.2) is 57.1 Å². The standard InChI is InChI=1S/C16H16O7/c17-11-12(18)14(15(20)21)23-16(13(11)19)22-10-7-3-5-8-4-1-2-6-9(8)10/h1-7,11-14,16-19H,(H,20,21)/t11-,12-,13+,14-,16?/m0/s1. The van der Waals surface area contributed by atoms with E-state index in [-0.39, 0.29) is 0 Å². The summed E-state index contributed by atoms with van der Waals surface area (Å²) in [6.45, 7) is 0. The second-order valence-corrected chi connectivity index (χ2v) is 5.33. The third-order valence-electron chi connectivity index (χ3n) is 3.81. The first kappa shape index (κ1) is 15.7. The van der Waals surface area contributed by atoms with E-state index in [0.717, 1.165) is 10.8 Å². The Bertz CT molecular complexity index is 711. The van der Waals surface area contributed by atoms with Crippen LogP contribution in [0.2, 0.25) is 0 Å². The molecule has 7 heteroatoms. The predicted molar refractivity (Wildman–Crippen MR) is 78.9 cm³/mol. The van der Waals surface area contributed by atoms with Crippen molar-refractivity contribution >= 4 is 16.7 Å². The van der Waals surface area contributed by atoms with Crippen LogP contribution in [0.25, 0.3) is 10.8 Å². The Kier molecular flexibility index (Phi) is 4.18. The lowest BCUT2D eigenvalue weighted by atomic mass is 9.99. The number of carbonyl (C=O) groups is 1. The molecule has 122 valence electrons. The number of ether oxygens (including phenoxy) is 2. The Labute approximate surface area is 131 Å². The molecule has 0 aliphatic carbocycles. The van der Waals surface area contributed by atoms with Crippen LogP contribution < -0.4 is 4.74 Å². The molecule has 0 aromatic heterocycles. The van der Waals surface area contributed by atoms with E-state index in [0.29, 0.717) is 5.75 Å². The van der Waals surface area contributed by atoms with E-state index in [4.69, 9.17) is 14.6 Å². The van der Waals surface area contributed by atoms with E-state index in [1.807, 2.05) is 24.3 Å². The van der Waals surface area contributed by atoms with Crippen LogP contribution in [0, 0.1) is 0 Å². The minimum absolute atomic E-state index is 0.375. The molecule has 4 N–H and O–H groups in total. The first-order valence-corrected chi connectivity index (χ1v) is 7.06. The van der Waals surface area contributed by atoms with Gasteiger partial charge in [0, 0.05) is 5.39 Å². The molecule has 1 aliphatic heterocycles. The molecule has 1 heterocycles. The number of aliphatic carboxylic acids is 1. The van der Waals surface area contributed by atoms with Crippen molar-refractivity contribution < 1.29 is 34.7 Å². The Morgan fingerprint density at radius 2 is 1.65 bits per heavy atom. The summed E-state index contributed by atoms with van der Waals surface area (Å²) in [6.07, 6.45) is -8.12. The molecule has 1 saturated heterocycles. The fraction of sp³-hybridized carbons (Fsp3) is 0.312. The minimum atomic E-state index is -1.74. The largest absolute Gasteiger partial charge is 0.479 e. The molecule has 0 spiro atoms. The number of hydrogen-bond donors (Lipinski definition) is 4. The van der Waals surface area contributed by atoms with E-state index in [9.17, 15) is 20.1 Å². The minimum Gasteiger partial charge on any atom is -0.479 e. The highest BCUT2D eigenvalue weighted by Gasteiger charge is 2.48. The van der Waals surface area contributed by atoms with Crippen molar-refractivity contribution in [1.29, 1.82) is 0 Å². The Morgan fingerprint density at radius 3 is 2.39 bits per heavy atom. The van der Waals surface area contributed by atoms with Crippen LogP contribution in [0.15, 0.2) is 42.5 Å². The molecule has 2 aromatic rings. The van der Waals surface area contributed by atoms with Gasteiger partial charge >= 0.3 is 5.97 Å². The van der Waals surface area contributed by atoms with Crippen molar-refractivity contribution in [2.75, 3.05) is 0 Å². The topological polar surface area (TPSA) is 116 Å². The number of carboxylic acid groups (broad SMARTS) is 1. The summed E-state index contributed by atoms with van der Waals surface area (Å²) in [5.74, 6) is -1.07. The van der Waals surface area contributed by atoms with Crippen molar-refractivity contribution in [3.05, 3.63) is 42.5 Å². The summed E-state index contributed by atoms with van der Waals surface area (Å²) in [5.41, 5.74) is 0. The summed E-state index contributed by atoms with van der Waals surface area (Å²) in [4.78, 5) is 11.1. The average molecular weight is 320 g/mol. The highest BCUT2D eigenvalue weighted by molar-refractivity contribution is 5.88. The second kappa shape index (κ2) is 6.13. The smallest absolute Gasteiger partial charge is 0.335 e. The Morgan fingerprint density at radius 1 is 0.957 bits per heavy atom. The summed E-state index contributed by atoms with van der Waals surface area (Å²) in [5, 5.41) is 40.1. The number of benzene rings is 2. The zero-order valence-electron chi connectivity index (χ0n) is 11.9. The van der Waals surface area contributed by atoms with E-state index in [2.05, 4.69) is 0 Å². The third-order valence-corrected chi connectivity index (χ3v) is 3.81. The summed E-state index contributed by atoms with van der Waals surface area (Å²) >= 11 is 0. The number of hydrogen-bond acceptors (Lipinski definition) is 6. The molecule has 2 aromatic carbocycles. The van der Waals surface area contributed by atoms with Gasteiger partial charge in [0.25, 0.3) is 0 Å². The lowest BCUT2D eigenvalue weighted by molar-refractivity contribution is -0.270. The number of fused-ring (bicyclic) bond motifs is 1. The van der Waals surface area contributed by atoms with Crippen molar-refractivity contribution in [3.8, 4) is 5.75 Å². The van der Waals surface area contributed by atoms with Gasteiger partial charge in [0.15, 0.2) is 6.10 Å². The molecule has 0 radical (unpaired) electrons. The normalized spacial score (nSPS) is 31.0. The van der Waals surface area contributed by atoms with Crippen LogP contribution >= 0.6 is 0 Å².